The normalized spacial score (nSPS) is 25.9. The standard InChI is InChI=1S/C15H26N4O2S2/c1-3-18(4-2)14(22)15(7-5-13(16)6-8-15)23(20,21)19-11-9-17-10-12-19/h5-7,17H,3-4,8-12,16H2,1-2H3. The highest BCUT2D eigenvalue weighted by atomic mass is 32.2. The average molecular weight is 359 g/mol. The second-order valence-corrected chi connectivity index (χ2v) is 8.34. The second kappa shape index (κ2) is 7.29. The summed E-state index contributed by atoms with van der Waals surface area (Å²) in [6.45, 7) is 7.60. The maximum absolute atomic E-state index is 13.4. The number of hydrogen-bond donors (Lipinski definition) is 2. The van der Waals surface area contributed by atoms with Crippen molar-refractivity contribution in [3.63, 3.8) is 0 Å². The van der Waals surface area contributed by atoms with Crippen molar-refractivity contribution in [2.24, 2.45) is 5.73 Å². The summed E-state index contributed by atoms with van der Waals surface area (Å²) in [6, 6.07) is 0. The summed E-state index contributed by atoms with van der Waals surface area (Å²) < 4.78 is 27.2. The SMILES string of the molecule is CCN(CC)C(=S)C1(S(=O)(=O)N2CCNCC2)C=CC(N)=CC1. The van der Waals surface area contributed by atoms with Crippen LogP contribution in [0.4, 0.5) is 0 Å². The zero-order valence-corrected chi connectivity index (χ0v) is 15.4. The van der Waals surface area contributed by atoms with Crippen molar-refractivity contribution in [3.8, 4) is 0 Å². The third kappa shape index (κ3) is 3.31. The van der Waals surface area contributed by atoms with Crippen LogP contribution in [0.25, 0.3) is 0 Å². The summed E-state index contributed by atoms with van der Waals surface area (Å²) in [5.74, 6) is 0. The van der Waals surface area contributed by atoms with Crippen molar-refractivity contribution in [1.82, 2.24) is 14.5 Å². The highest BCUT2D eigenvalue weighted by Gasteiger charge is 2.50. The van der Waals surface area contributed by atoms with Gasteiger partial charge < -0.3 is 16.0 Å². The van der Waals surface area contributed by atoms with Gasteiger partial charge in [0.15, 0.2) is 4.75 Å². The van der Waals surface area contributed by atoms with Crippen LogP contribution < -0.4 is 11.1 Å². The van der Waals surface area contributed by atoms with Crippen LogP contribution in [0.1, 0.15) is 20.3 Å². The molecule has 0 radical (unpaired) electrons. The molecule has 1 fully saturated rings. The Bertz CT molecular complexity index is 605. The van der Waals surface area contributed by atoms with E-state index in [1.54, 1.807) is 22.5 Å². The molecule has 0 spiro atoms. The zero-order chi connectivity index (χ0) is 17.1. The first kappa shape index (κ1) is 18.4. The first-order valence-corrected chi connectivity index (χ1v) is 9.88. The lowest BCUT2D eigenvalue weighted by atomic mass is 9.97. The van der Waals surface area contributed by atoms with Crippen molar-refractivity contribution in [3.05, 3.63) is 23.9 Å². The van der Waals surface area contributed by atoms with Crippen LogP contribution in [-0.2, 0) is 10.0 Å². The minimum absolute atomic E-state index is 0.289. The molecule has 1 heterocycles. The van der Waals surface area contributed by atoms with Crippen molar-refractivity contribution >= 4 is 27.2 Å². The molecule has 0 saturated carbocycles. The third-order valence-corrected chi connectivity index (χ3v) is 7.69. The summed E-state index contributed by atoms with van der Waals surface area (Å²) in [5.41, 5.74) is 6.40. The van der Waals surface area contributed by atoms with E-state index in [1.165, 1.54) is 0 Å². The Morgan fingerprint density at radius 2 is 2.00 bits per heavy atom. The number of nitrogens with two attached hydrogens (primary N) is 1. The van der Waals surface area contributed by atoms with E-state index in [0.717, 1.165) is 0 Å². The quantitative estimate of drug-likeness (QED) is 0.694. The van der Waals surface area contributed by atoms with Crippen LogP contribution in [0, 0.1) is 0 Å². The average Bonchev–Trinajstić information content (AvgIpc) is 2.57. The van der Waals surface area contributed by atoms with Crippen molar-refractivity contribution in [2.45, 2.75) is 25.0 Å². The number of nitrogens with one attached hydrogen (secondary N) is 1. The summed E-state index contributed by atoms with van der Waals surface area (Å²) in [6.07, 6.45) is 5.39. The van der Waals surface area contributed by atoms with E-state index in [4.69, 9.17) is 18.0 Å². The molecule has 1 aliphatic heterocycles. The Morgan fingerprint density at radius 1 is 1.39 bits per heavy atom. The molecule has 6 nitrogen and oxygen atoms in total. The number of hydrogen-bond acceptors (Lipinski definition) is 5. The first-order valence-electron chi connectivity index (χ1n) is 8.03. The molecule has 0 aromatic carbocycles. The molecule has 1 unspecified atom stereocenters. The van der Waals surface area contributed by atoms with Crippen molar-refractivity contribution in [1.29, 1.82) is 0 Å². The van der Waals surface area contributed by atoms with Crippen LogP contribution in [0.2, 0.25) is 0 Å². The number of allylic oxidation sites excluding steroid dienone is 2. The predicted molar refractivity (Wildman–Crippen MR) is 97.6 cm³/mol. The van der Waals surface area contributed by atoms with Gasteiger partial charge in [0.1, 0.15) is 4.99 Å². The maximum Gasteiger partial charge on any atom is 0.230 e. The molecule has 3 N–H and O–H groups in total. The van der Waals surface area contributed by atoms with Crippen molar-refractivity contribution < 1.29 is 8.42 Å². The van der Waals surface area contributed by atoms with Crippen LogP contribution in [0.5, 0.6) is 0 Å². The van der Waals surface area contributed by atoms with Crippen LogP contribution in [-0.4, -0.2) is 66.6 Å². The molecule has 0 bridgehead atoms. The minimum atomic E-state index is -3.61. The fraction of sp³-hybridized carbons (Fsp3) is 0.667. The van der Waals surface area contributed by atoms with E-state index in [1.807, 2.05) is 18.7 Å². The Morgan fingerprint density at radius 3 is 2.48 bits per heavy atom. The van der Waals surface area contributed by atoms with Gasteiger partial charge in [-0.2, -0.15) is 4.31 Å². The van der Waals surface area contributed by atoms with E-state index in [2.05, 4.69) is 5.32 Å². The van der Waals surface area contributed by atoms with Gasteiger partial charge in [0, 0.05) is 45.0 Å². The van der Waals surface area contributed by atoms with E-state index in [-0.39, 0.29) is 6.42 Å². The van der Waals surface area contributed by atoms with Crippen LogP contribution >= 0.6 is 12.2 Å². The van der Waals surface area contributed by atoms with Gasteiger partial charge >= 0.3 is 0 Å². The van der Waals surface area contributed by atoms with Gasteiger partial charge in [0.05, 0.1) is 0 Å². The third-order valence-electron chi connectivity index (χ3n) is 4.47. The lowest BCUT2D eigenvalue weighted by Gasteiger charge is -2.41. The lowest BCUT2D eigenvalue weighted by molar-refractivity contribution is 0.351. The minimum Gasteiger partial charge on any atom is -0.399 e. The van der Waals surface area contributed by atoms with Crippen LogP contribution in [0.3, 0.4) is 0 Å². The molecule has 2 aliphatic rings. The van der Waals surface area contributed by atoms with Gasteiger partial charge in [-0.15, -0.1) is 0 Å². The fourth-order valence-corrected chi connectivity index (χ4v) is 5.72. The van der Waals surface area contributed by atoms with E-state index in [9.17, 15) is 8.42 Å². The molecule has 1 aliphatic carbocycles. The molecule has 2 rings (SSSR count). The highest BCUT2D eigenvalue weighted by Crippen LogP contribution is 2.34. The molecule has 130 valence electrons. The number of thiocarbonyl (C=S) groups is 1. The summed E-state index contributed by atoms with van der Waals surface area (Å²) >= 11 is 5.65. The van der Waals surface area contributed by atoms with E-state index >= 15 is 0 Å². The molecule has 0 aromatic heterocycles. The molecule has 0 amide bonds. The predicted octanol–water partition coefficient (Wildman–Crippen LogP) is 0.432. The van der Waals surface area contributed by atoms with Gasteiger partial charge in [-0.25, -0.2) is 8.42 Å². The molecule has 23 heavy (non-hydrogen) atoms. The fourth-order valence-electron chi connectivity index (χ4n) is 2.99. The van der Waals surface area contributed by atoms with Gasteiger partial charge in [-0.1, -0.05) is 24.4 Å². The monoisotopic (exact) mass is 358 g/mol. The largest absolute Gasteiger partial charge is 0.399 e. The zero-order valence-electron chi connectivity index (χ0n) is 13.8. The summed E-state index contributed by atoms with van der Waals surface area (Å²) in [4.78, 5) is 2.40. The van der Waals surface area contributed by atoms with Crippen molar-refractivity contribution in [2.75, 3.05) is 39.3 Å². The Kier molecular flexibility index (Phi) is 5.83. The van der Waals surface area contributed by atoms with Gasteiger partial charge in [-0.3, -0.25) is 0 Å². The number of sulfonamides is 1. The highest BCUT2D eigenvalue weighted by molar-refractivity contribution is 7.93. The molecule has 1 saturated heterocycles. The number of nitrogens with zero attached hydrogens (tertiary/aromatic N) is 2. The van der Waals surface area contributed by atoms with E-state index in [0.29, 0.717) is 50.0 Å². The number of rotatable bonds is 5. The Labute approximate surface area is 144 Å². The van der Waals surface area contributed by atoms with Gasteiger partial charge in [-0.05, 0) is 26.3 Å². The molecular formula is C15H26N4O2S2. The molecular weight excluding hydrogens is 332 g/mol. The van der Waals surface area contributed by atoms with E-state index < -0.39 is 14.8 Å². The first-order chi connectivity index (χ1) is 10.9. The molecule has 0 aromatic rings. The van der Waals surface area contributed by atoms with Gasteiger partial charge in [0.25, 0.3) is 0 Å². The molecule has 1 atom stereocenters. The second-order valence-electron chi connectivity index (χ2n) is 5.76. The number of piperazine rings is 1. The van der Waals surface area contributed by atoms with Gasteiger partial charge in [0.2, 0.25) is 10.0 Å². The summed E-state index contributed by atoms with van der Waals surface area (Å²) in [5, 5.41) is 3.18. The lowest BCUT2D eigenvalue weighted by Crippen LogP contribution is -2.59. The Hall–Kier alpha value is -0.960. The smallest absolute Gasteiger partial charge is 0.230 e. The Balaban J connectivity index is 2.46. The molecule has 8 heteroatoms. The summed E-state index contributed by atoms with van der Waals surface area (Å²) in [7, 11) is -3.61. The van der Waals surface area contributed by atoms with Crippen LogP contribution in [0.15, 0.2) is 23.9 Å². The topological polar surface area (TPSA) is 78.7 Å². The maximum atomic E-state index is 13.4.